The van der Waals surface area contributed by atoms with E-state index < -0.39 is 11.7 Å². The highest BCUT2D eigenvalue weighted by Crippen LogP contribution is 2.20. The van der Waals surface area contributed by atoms with Crippen molar-refractivity contribution in [3.8, 4) is 5.75 Å². The van der Waals surface area contributed by atoms with Gasteiger partial charge in [0.2, 0.25) is 0 Å². The fraction of sp³-hybridized carbons (Fsp3) is 0.500. The summed E-state index contributed by atoms with van der Waals surface area (Å²) in [6.07, 6.45) is 1.55. The molecular weight excluding hydrogens is 367 g/mol. The average molecular weight is 394 g/mol. The number of halogens is 1. The van der Waals surface area contributed by atoms with Crippen LogP contribution in [0.15, 0.2) is 39.4 Å². The Hall–Kier alpha value is -2.77. The maximum atomic E-state index is 13.1. The number of carbonyl (C=O) groups is 1. The second-order valence-electron chi connectivity index (χ2n) is 7.42. The first-order valence-electron chi connectivity index (χ1n) is 9.25. The smallest absolute Gasteiger partial charge is 0.407 e. The number of amides is 1. The molecule has 2 aromatic rings. The zero-order valence-electron chi connectivity index (χ0n) is 16.7. The van der Waals surface area contributed by atoms with Crippen molar-refractivity contribution in [1.29, 1.82) is 0 Å². The molecule has 7 nitrogen and oxygen atoms in total. The third kappa shape index (κ3) is 6.14. The van der Waals surface area contributed by atoms with E-state index in [9.17, 15) is 14.0 Å². The molecule has 0 saturated heterocycles. The highest BCUT2D eigenvalue weighted by Gasteiger charge is 2.16. The molecule has 0 radical (unpaired) electrons. The normalized spacial score (nSPS) is 12.2. The molecule has 0 aliphatic rings. The van der Waals surface area contributed by atoms with Gasteiger partial charge in [-0.05, 0) is 39.3 Å². The van der Waals surface area contributed by atoms with Crippen LogP contribution < -0.4 is 15.6 Å². The first-order chi connectivity index (χ1) is 13.2. The van der Waals surface area contributed by atoms with Crippen molar-refractivity contribution < 1.29 is 23.2 Å². The van der Waals surface area contributed by atoms with E-state index in [0.717, 1.165) is 12.8 Å². The molecule has 0 saturated carbocycles. The predicted molar refractivity (Wildman–Crippen MR) is 104 cm³/mol. The average Bonchev–Trinajstić information content (AvgIpc) is 2.94. The standard InChI is InChI=1S/C20H27FN2O5/c1-5-6-9-23-18(24)16-8-7-15(10-17(16)28-23)26-13-14(11-21)12-22-19(25)27-20(2,3)4/h7-8,10-11H,5-6,9,12-13H2,1-4H3,(H,22,25)/b14-11+. The van der Waals surface area contributed by atoms with Crippen LogP contribution in [-0.4, -0.2) is 29.6 Å². The van der Waals surface area contributed by atoms with Crippen LogP contribution in [0.4, 0.5) is 9.18 Å². The van der Waals surface area contributed by atoms with E-state index in [1.165, 1.54) is 4.74 Å². The number of nitrogens with zero attached hydrogens (tertiary/aromatic N) is 1. The van der Waals surface area contributed by atoms with Gasteiger partial charge in [-0.1, -0.05) is 13.3 Å². The number of carbonyl (C=O) groups excluding carboxylic acids is 1. The second kappa shape index (κ2) is 9.43. The van der Waals surface area contributed by atoms with Crippen LogP contribution in [0.3, 0.4) is 0 Å². The lowest BCUT2D eigenvalue weighted by Gasteiger charge is -2.20. The van der Waals surface area contributed by atoms with Gasteiger partial charge in [-0.2, -0.15) is 4.74 Å². The molecule has 1 aromatic carbocycles. The molecule has 0 aliphatic carbocycles. The number of ether oxygens (including phenoxy) is 2. The highest BCUT2D eigenvalue weighted by molar-refractivity contribution is 5.77. The number of alkyl carbamates (subject to hydrolysis) is 1. The van der Waals surface area contributed by atoms with Gasteiger partial charge in [-0.15, -0.1) is 0 Å². The van der Waals surface area contributed by atoms with Gasteiger partial charge in [-0.25, -0.2) is 9.18 Å². The molecule has 0 atom stereocenters. The summed E-state index contributed by atoms with van der Waals surface area (Å²) in [5.41, 5.74) is -0.169. The Bertz CT molecular complexity index is 892. The summed E-state index contributed by atoms with van der Waals surface area (Å²) in [7, 11) is 0. The Kier molecular flexibility index (Phi) is 7.25. The topological polar surface area (TPSA) is 82.7 Å². The molecule has 1 aromatic heterocycles. The van der Waals surface area contributed by atoms with E-state index in [1.54, 1.807) is 39.0 Å². The van der Waals surface area contributed by atoms with E-state index >= 15 is 0 Å². The molecule has 28 heavy (non-hydrogen) atoms. The maximum Gasteiger partial charge on any atom is 0.407 e. The number of hydrogen-bond donors (Lipinski definition) is 1. The van der Waals surface area contributed by atoms with Crippen LogP contribution in [0.1, 0.15) is 40.5 Å². The van der Waals surface area contributed by atoms with Crippen molar-refractivity contribution in [3.05, 3.63) is 40.5 Å². The van der Waals surface area contributed by atoms with Crippen LogP contribution in [0, 0.1) is 0 Å². The zero-order valence-corrected chi connectivity index (χ0v) is 16.7. The Morgan fingerprint density at radius 3 is 2.75 bits per heavy atom. The third-order valence-corrected chi connectivity index (χ3v) is 3.77. The van der Waals surface area contributed by atoms with Crippen LogP contribution in [0.5, 0.6) is 5.75 Å². The molecule has 1 amide bonds. The zero-order chi connectivity index (χ0) is 20.7. The van der Waals surface area contributed by atoms with Crippen LogP contribution in [0.2, 0.25) is 0 Å². The van der Waals surface area contributed by atoms with Gasteiger partial charge in [0.25, 0.3) is 5.56 Å². The highest BCUT2D eigenvalue weighted by atomic mass is 19.1. The van der Waals surface area contributed by atoms with E-state index in [1.807, 2.05) is 6.92 Å². The first-order valence-corrected chi connectivity index (χ1v) is 9.25. The van der Waals surface area contributed by atoms with Crippen molar-refractivity contribution >= 4 is 17.1 Å². The number of benzene rings is 1. The van der Waals surface area contributed by atoms with E-state index in [-0.39, 0.29) is 24.3 Å². The summed E-state index contributed by atoms with van der Waals surface area (Å²) in [4.78, 5) is 23.9. The largest absolute Gasteiger partial charge is 0.489 e. The van der Waals surface area contributed by atoms with Gasteiger partial charge in [0, 0.05) is 18.2 Å². The van der Waals surface area contributed by atoms with Crippen molar-refractivity contribution in [3.63, 3.8) is 0 Å². The fourth-order valence-corrected chi connectivity index (χ4v) is 2.39. The number of aryl methyl sites for hydroxylation is 1. The number of rotatable bonds is 8. The molecule has 0 bridgehead atoms. The maximum absolute atomic E-state index is 13.1. The summed E-state index contributed by atoms with van der Waals surface area (Å²) >= 11 is 0. The number of unbranched alkanes of at least 4 members (excludes halogenated alkanes) is 1. The van der Waals surface area contributed by atoms with E-state index in [2.05, 4.69) is 5.32 Å². The Morgan fingerprint density at radius 1 is 1.36 bits per heavy atom. The number of nitrogens with one attached hydrogen (secondary N) is 1. The van der Waals surface area contributed by atoms with Gasteiger partial charge in [0.15, 0.2) is 5.58 Å². The Morgan fingerprint density at radius 2 is 2.11 bits per heavy atom. The molecule has 1 heterocycles. The Labute approximate surface area is 163 Å². The molecule has 0 unspecified atom stereocenters. The van der Waals surface area contributed by atoms with Crippen molar-refractivity contribution in [2.45, 2.75) is 52.7 Å². The molecular formula is C20H27FN2O5. The lowest BCUT2D eigenvalue weighted by Crippen LogP contribution is -2.34. The van der Waals surface area contributed by atoms with Crippen LogP contribution >= 0.6 is 0 Å². The number of fused-ring (bicyclic) bond motifs is 1. The Balaban J connectivity index is 1.96. The molecule has 154 valence electrons. The van der Waals surface area contributed by atoms with Gasteiger partial charge in [0.05, 0.1) is 18.3 Å². The molecule has 1 N–H and O–H groups in total. The summed E-state index contributed by atoms with van der Waals surface area (Å²) < 4.78 is 30.6. The predicted octanol–water partition coefficient (Wildman–Crippen LogP) is 4.15. The van der Waals surface area contributed by atoms with Gasteiger partial charge >= 0.3 is 6.09 Å². The SMILES string of the molecule is CCCCn1oc2cc(OC/C(=C/F)CNC(=O)OC(C)(C)C)ccc2c1=O. The molecule has 0 aliphatic heterocycles. The van der Waals surface area contributed by atoms with Gasteiger partial charge in [-0.3, -0.25) is 4.79 Å². The molecule has 0 spiro atoms. The minimum Gasteiger partial charge on any atom is -0.489 e. The van der Waals surface area contributed by atoms with Crippen molar-refractivity contribution in [2.75, 3.05) is 13.2 Å². The lowest BCUT2D eigenvalue weighted by atomic mass is 10.2. The third-order valence-electron chi connectivity index (χ3n) is 3.77. The molecule has 2 rings (SSSR count). The minimum absolute atomic E-state index is 0.0455. The fourth-order valence-electron chi connectivity index (χ4n) is 2.39. The monoisotopic (exact) mass is 394 g/mol. The lowest BCUT2D eigenvalue weighted by molar-refractivity contribution is 0.0531. The molecule has 0 fully saturated rings. The minimum atomic E-state index is -0.636. The first kappa shape index (κ1) is 21.5. The quantitative estimate of drug-likeness (QED) is 0.727. The summed E-state index contributed by atoms with van der Waals surface area (Å²) in [5, 5.41) is 2.94. The second-order valence-corrected chi connectivity index (χ2v) is 7.42. The van der Waals surface area contributed by atoms with Crippen LogP contribution in [0.25, 0.3) is 11.0 Å². The number of aromatic nitrogens is 1. The summed E-state index contributed by atoms with van der Waals surface area (Å²) in [6.45, 7) is 7.66. The number of hydrogen-bond acceptors (Lipinski definition) is 5. The van der Waals surface area contributed by atoms with Crippen LogP contribution in [-0.2, 0) is 11.3 Å². The summed E-state index contributed by atoms with van der Waals surface area (Å²) in [5.74, 6) is 0.431. The molecule has 8 heteroatoms. The summed E-state index contributed by atoms with van der Waals surface area (Å²) in [6, 6.07) is 4.84. The van der Waals surface area contributed by atoms with Gasteiger partial charge in [0.1, 0.15) is 18.0 Å². The van der Waals surface area contributed by atoms with Crippen molar-refractivity contribution in [2.24, 2.45) is 0 Å². The van der Waals surface area contributed by atoms with E-state index in [4.69, 9.17) is 14.0 Å². The van der Waals surface area contributed by atoms with E-state index in [0.29, 0.717) is 29.6 Å². The van der Waals surface area contributed by atoms with Crippen molar-refractivity contribution in [1.82, 2.24) is 10.1 Å². The van der Waals surface area contributed by atoms with Gasteiger partial charge < -0.3 is 19.3 Å².